The molecule has 0 radical (unpaired) electrons. The summed E-state index contributed by atoms with van der Waals surface area (Å²) in [5.41, 5.74) is 1.70. The van der Waals surface area contributed by atoms with Gasteiger partial charge in [-0.15, -0.1) is 0 Å². The van der Waals surface area contributed by atoms with Crippen molar-refractivity contribution >= 4 is 17.5 Å². The molecule has 0 amide bonds. The number of carbonyl (C=O) groups excluding carboxylic acids is 2. The van der Waals surface area contributed by atoms with Gasteiger partial charge in [0.1, 0.15) is 5.76 Å². The fraction of sp³-hybridized carbons (Fsp3) is 0.148. The molecule has 5 heteroatoms. The van der Waals surface area contributed by atoms with E-state index in [0.29, 0.717) is 22.5 Å². The predicted octanol–water partition coefficient (Wildman–Crippen LogP) is 6.01. The summed E-state index contributed by atoms with van der Waals surface area (Å²) in [6, 6.07) is 21.4. The van der Waals surface area contributed by atoms with Crippen LogP contribution < -0.4 is 5.32 Å². The number of benzene rings is 2. The first kappa shape index (κ1) is 21.2. The molecule has 0 saturated heterocycles. The lowest BCUT2D eigenvalue weighted by molar-refractivity contribution is 0.100. The van der Waals surface area contributed by atoms with Gasteiger partial charge in [0.2, 0.25) is 5.88 Å². The number of aromatic nitrogens is 1. The number of hydrogen-bond donors (Lipinski definition) is 1. The van der Waals surface area contributed by atoms with Gasteiger partial charge in [0.15, 0.2) is 11.6 Å². The Morgan fingerprint density at radius 2 is 1.25 bits per heavy atom. The minimum absolute atomic E-state index is 0.229. The van der Waals surface area contributed by atoms with Gasteiger partial charge in [-0.25, -0.2) is 0 Å². The molecule has 160 valence electrons. The van der Waals surface area contributed by atoms with E-state index in [4.69, 9.17) is 4.42 Å². The van der Waals surface area contributed by atoms with Crippen molar-refractivity contribution in [3.8, 4) is 11.3 Å². The molecule has 5 nitrogen and oxygen atoms in total. The Kier molecular flexibility index (Phi) is 5.73. The maximum atomic E-state index is 13.7. The molecule has 0 spiro atoms. The summed E-state index contributed by atoms with van der Waals surface area (Å²) in [6.07, 6.45) is 3.26. The third-order valence-electron chi connectivity index (χ3n) is 4.87. The lowest BCUT2D eigenvalue weighted by Crippen LogP contribution is -2.27. The van der Waals surface area contributed by atoms with E-state index in [1.54, 1.807) is 73.1 Å². The molecule has 2 aromatic carbocycles. The van der Waals surface area contributed by atoms with Gasteiger partial charge in [-0.3, -0.25) is 14.6 Å². The SMILES string of the molecule is CC(C)(C)Nc1oc(-c2ccncc2)c(C(=O)c2ccccc2)c1C(=O)c1ccccc1. The number of pyridine rings is 1. The summed E-state index contributed by atoms with van der Waals surface area (Å²) in [5, 5.41) is 3.28. The Bertz CT molecular complexity index is 1240. The van der Waals surface area contributed by atoms with Crippen LogP contribution in [0.2, 0.25) is 0 Å². The van der Waals surface area contributed by atoms with Crippen LogP contribution in [0.3, 0.4) is 0 Å². The van der Waals surface area contributed by atoms with Crippen LogP contribution in [0.4, 0.5) is 5.88 Å². The van der Waals surface area contributed by atoms with E-state index in [1.807, 2.05) is 32.9 Å². The average molecular weight is 425 g/mol. The smallest absolute Gasteiger partial charge is 0.206 e. The van der Waals surface area contributed by atoms with E-state index in [2.05, 4.69) is 10.3 Å². The molecule has 0 aliphatic rings. The first-order valence-corrected chi connectivity index (χ1v) is 10.4. The van der Waals surface area contributed by atoms with Crippen molar-refractivity contribution in [1.29, 1.82) is 0 Å². The van der Waals surface area contributed by atoms with Gasteiger partial charge in [0, 0.05) is 34.6 Å². The van der Waals surface area contributed by atoms with Gasteiger partial charge in [-0.2, -0.15) is 0 Å². The number of carbonyl (C=O) groups is 2. The fourth-order valence-electron chi connectivity index (χ4n) is 3.47. The van der Waals surface area contributed by atoms with E-state index in [-0.39, 0.29) is 28.6 Å². The van der Waals surface area contributed by atoms with Crippen LogP contribution in [-0.2, 0) is 0 Å². The zero-order chi connectivity index (χ0) is 22.7. The molecule has 0 atom stereocenters. The normalized spacial score (nSPS) is 11.2. The molecule has 4 rings (SSSR count). The molecule has 0 fully saturated rings. The fourth-order valence-corrected chi connectivity index (χ4v) is 3.47. The second kappa shape index (κ2) is 8.63. The zero-order valence-corrected chi connectivity index (χ0v) is 18.3. The predicted molar refractivity (Wildman–Crippen MR) is 125 cm³/mol. The highest BCUT2D eigenvalue weighted by Gasteiger charge is 2.33. The van der Waals surface area contributed by atoms with Crippen LogP contribution >= 0.6 is 0 Å². The maximum Gasteiger partial charge on any atom is 0.206 e. The van der Waals surface area contributed by atoms with Gasteiger partial charge >= 0.3 is 0 Å². The van der Waals surface area contributed by atoms with Crippen LogP contribution in [0.1, 0.15) is 52.6 Å². The summed E-state index contributed by atoms with van der Waals surface area (Å²) in [5.74, 6) is 0.0628. The molecule has 2 heterocycles. The molecule has 0 aliphatic heterocycles. The van der Waals surface area contributed by atoms with Gasteiger partial charge in [0.25, 0.3) is 0 Å². The van der Waals surface area contributed by atoms with Crippen molar-refractivity contribution in [2.24, 2.45) is 0 Å². The second-order valence-corrected chi connectivity index (χ2v) is 8.51. The Balaban J connectivity index is 2.01. The third-order valence-corrected chi connectivity index (χ3v) is 4.87. The van der Waals surface area contributed by atoms with Crippen LogP contribution in [0, 0.1) is 0 Å². The molecule has 0 aliphatic carbocycles. The molecule has 32 heavy (non-hydrogen) atoms. The van der Waals surface area contributed by atoms with Crippen LogP contribution in [-0.4, -0.2) is 22.1 Å². The summed E-state index contributed by atoms with van der Waals surface area (Å²) < 4.78 is 6.21. The summed E-state index contributed by atoms with van der Waals surface area (Å²) in [7, 11) is 0. The van der Waals surface area contributed by atoms with E-state index < -0.39 is 5.54 Å². The monoisotopic (exact) mass is 424 g/mol. The van der Waals surface area contributed by atoms with Crippen LogP contribution in [0.25, 0.3) is 11.3 Å². The topological polar surface area (TPSA) is 72.2 Å². The van der Waals surface area contributed by atoms with Gasteiger partial charge in [0.05, 0.1) is 11.1 Å². The Labute approximate surface area is 187 Å². The Hall–Kier alpha value is -3.99. The average Bonchev–Trinajstić information content (AvgIpc) is 3.17. The summed E-state index contributed by atoms with van der Waals surface area (Å²) in [4.78, 5) is 31.5. The maximum absolute atomic E-state index is 13.7. The molecular formula is C27H24N2O3. The highest BCUT2D eigenvalue weighted by Crippen LogP contribution is 2.38. The van der Waals surface area contributed by atoms with Crippen LogP contribution in [0.5, 0.6) is 0 Å². The molecule has 0 saturated carbocycles. The summed E-state index contributed by atoms with van der Waals surface area (Å²) in [6.45, 7) is 5.91. The number of anilines is 1. The van der Waals surface area contributed by atoms with Crippen molar-refractivity contribution in [3.05, 3.63) is 107 Å². The van der Waals surface area contributed by atoms with E-state index in [9.17, 15) is 9.59 Å². The number of hydrogen-bond acceptors (Lipinski definition) is 5. The van der Waals surface area contributed by atoms with Crippen molar-refractivity contribution < 1.29 is 14.0 Å². The van der Waals surface area contributed by atoms with Crippen molar-refractivity contribution in [1.82, 2.24) is 4.98 Å². The number of ketones is 2. The number of nitrogens with zero attached hydrogens (tertiary/aromatic N) is 1. The first-order chi connectivity index (χ1) is 15.3. The highest BCUT2D eigenvalue weighted by atomic mass is 16.4. The molecule has 4 aromatic rings. The second-order valence-electron chi connectivity index (χ2n) is 8.51. The minimum atomic E-state index is -0.397. The number of furan rings is 1. The van der Waals surface area contributed by atoms with Gasteiger partial charge < -0.3 is 9.73 Å². The van der Waals surface area contributed by atoms with Crippen molar-refractivity contribution in [3.63, 3.8) is 0 Å². The van der Waals surface area contributed by atoms with E-state index in [1.165, 1.54) is 0 Å². The molecule has 2 aromatic heterocycles. The van der Waals surface area contributed by atoms with Crippen LogP contribution in [0.15, 0.2) is 89.6 Å². The molecule has 0 unspecified atom stereocenters. The number of rotatable bonds is 6. The van der Waals surface area contributed by atoms with E-state index >= 15 is 0 Å². The minimum Gasteiger partial charge on any atom is -0.439 e. The highest BCUT2D eigenvalue weighted by molar-refractivity contribution is 6.24. The largest absolute Gasteiger partial charge is 0.439 e. The first-order valence-electron chi connectivity index (χ1n) is 10.4. The summed E-state index contributed by atoms with van der Waals surface area (Å²) >= 11 is 0. The zero-order valence-electron chi connectivity index (χ0n) is 18.3. The molecular weight excluding hydrogens is 400 g/mol. The lowest BCUT2D eigenvalue weighted by atomic mass is 9.92. The molecule has 0 bridgehead atoms. The number of nitrogens with one attached hydrogen (secondary N) is 1. The van der Waals surface area contributed by atoms with Gasteiger partial charge in [-0.1, -0.05) is 60.7 Å². The van der Waals surface area contributed by atoms with Crippen molar-refractivity contribution in [2.45, 2.75) is 26.3 Å². The standard InChI is InChI=1S/C27H24N2O3/c1-27(2,3)29-26-22(24(31)19-12-8-5-9-13-19)21(23(30)18-10-6-4-7-11-18)25(32-26)20-14-16-28-17-15-20/h4-17,29H,1-3H3. The van der Waals surface area contributed by atoms with Crippen molar-refractivity contribution in [2.75, 3.05) is 5.32 Å². The lowest BCUT2D eigenvalue weighted by Gasteiger charge is -2.20. The van der Waals surface area contributed by atoms with Gasteiger partial charge in [-0.05, 0) is 32.9 Å². The Morgan fingerprint density at radius 3 is 1.75 bits per heavy atom. The Morgan fingerprint density at radius 1 is 0.750 bits per heavy atom. The third kappa shape index (κ3) is 4.37. The molecule has 1 N–H and O–H groups in total. The van der Waals surface area contributed by atoms with E-state index in [0.717, 1.165) is 0 Å². The quantitative estimate of drug-likeness (QED) is 0.384.